The number of nitrogen functional groups attached to an aromatic ring is 1. The van der Waals surface area contributed by atoms with E-state index in [-0.39, 0.29) is 5.37 Å². The molecule has 6 heteroatoms. The number of hydrazone groups is 1. The van der Waals surface area contributed by atoms with Crippen LogP contribution in [0.4, 0.5) is 5.82 Å². The Labute approximate surface area is 86.2 Å². The first kappa shape index (κ1) is 9.26. The van der Waals surface area contributed by atoms with Crippen LogP contribution in [0.1, 0.15) is 24.5 Å². The van der Waals surface area contributed by atoms with Crippen LogP contribution >= 0.6 is 11.8 Å². The van der Waals surface area contributed by atoms with E-state index < -0.39 is 0 Å². The van der Waals surface area contributed by atoms with Gasteiger partial charge in [-0.1, -0.05) is 18.7 Å². The summed E-state index contributed by atoms with van der Waals surface area (Å²) in [6.07, 6.45) is 2.58. The molecule has 3 N–H and O–H groups in total. The zero-order chi connectivity index (χ0) is 9.97. The van der Waals surface area contributed by atoms with Gasteiger partial charge in [0.2, 0.25) is 0 Å². The van der Waals surface area contributed by atoms with Crippen molar-refractivity contribution in [1.29, 1.82) is 0 Å². The Morgan fingerprint density at radius 1 is 1.64 bits per heavy atom. The van der Waals surface area contributed by atoms with Gasteiger partial charge in [-0.3, -0.25) is 5.43 Å². The van der Waals surface area contributed by atoms with Crippen molar-refractivity contribution in [3.63, 3.8) is 0 Å². The van der Waals surface area contributed by atoms with Gasteiger partial charge in [-0.2, -0.15) is 5.10 Å². The van der Waals surface area contributed by atoms with E-state index in [1.165, 1.54) is 0 Å². The van der Waals surface area contributed by atoms with Crippen LogP contribution in [0.3, 0.4) is 0 Å². The molecule has 0 saturated carbocycles. The Hall–Kier alpha value is -1.30. The predicted octanol–water partition coefficient (Wildman–Crippen LogP) is 1.12. The molecule has 0 aromatic carbocycles. The van der Waals surface area contributed by atoms with Gasteiger partial charge in [0.05, 0.1) is 5.04 Å². The van der Waals surface area contributed by atoms with Gasteiger partial charge in [0.15, 0.2) is 11.2 Å². The number of thioether (sulfide) groups is 1. The van der Waals surface area contributed by atoms with Crippen molar-refractivity contribution >= 4 is 22.6 Å². The Kier molecular flexibility index (Phi) is 2.53. The van der Waals surface area contributed by atoms with Gasteiger partial charge < -0.3 is 5.73 Å². The zero-order valence-corrected chi connectivity index (χ0v) is 8.58. The van der Waals surface area contributed by atoms with E-state index in [9.17, 15) is 0 Å². The van der Waals surface area contributed by atoms with Gasteiger partial charge in [-0.05, 0) is 12.5 Å². The maximum absolute atomic E-state index is 5.57. The fraction of sp³-hybridized carbons (Fsp3) is 0.375. The number of nitrogens with one attached hydrogen (secondary N) is 1. The van der Waals surface area contributed by atoms with Crippen LogP contribution in [0.25, 0.3) is 0 Å². The maximum Gasteiger partial charge on any atom is 0.165 e. The molecule has 1 unspecified atom stereocenters. The van der Waals surface area contributed by atoms with E-state index in [0.717, 1.165) is 11.5 Å². The summed E-state index contributed by atoms with van der Waals surface area (Å²) in [7, 11) is 0. The first-order valence-electron chi connectivity index (χ1n) is 4.36. The van der Waals surface area contributed by atoms with E-state index in [1.54, 1.807) is 24.0 Å². The number of nitrogens with two attached hydrogens (primary N) is 1. The van der Waals surface area contributed by atoms with Gasteiger partial charge >= 0.3 is 0 Å². The van der Waals surface area contributed by atoms with Crippen molar-refractivity contribution in [2.45, 2.75) is 18.7 Å². The van der Waals surface area contributed by atoms with Gasteiger partial charge in [0.1, 0.15) is 5.82 Å². The molecule has 0 radical (unpaired) electrons. The molecule has 2 rings (SSSR count). The summed E-state index contributed by atoms with van der Waals surface area (Å²) >= 11 is 1.63. The quantitative estimate of drug-likeness (QED) is 0.763. The number of rotatable bonds is 2. The van der Waals surface area contributed by atoms with Crippen molar-refractivity contribution in [3.8, 4) is 0 Å². The normalized spacial score (nSPS) is 20.4. The second-order valence-electron chi connectivity index (χ2n) is 2.83. The highest BCUT2D eigenvalue weighted by Gasteiger charge is 2.22. The molecule has 0 saturated heterocycles. The Balaban J connectivity index is 2.12. The molecule has 1 atom stereocenters. The molecule has 0 amide bonds. The highest BCUT2D eigenvalue weighted by molar-refractivity contribution is 8.14. The lowest BCUT2D eigenvalue weighted by Crippen LogP contribution is -2.11. The third-order valence-electron chi connectivity index (χ3n) is 1.79. The summed E-state index contributed by atoms with van der Waals surface area (Å²) in [5.41, 5.74) is 8.54. The molecule has 1 aliphatic rings. The minimum atomic E-state index is 0.00782. The first-order chi connectivity index (χ1) is 6.79. The molecule has 1 aromatic heterocycles. The SMILES string of the molecule is CCC1=NNC(c2nccc(N)n2)S1. The van der Waals surface area contributed by atoms with Crippen LogP contribution in [0.5, 0.6) is 0 Å². The summed E-state index contributed by atoms with van der Waals surface area (Å²) < 4.78 is 0. The third-order valence-corrected chi connectivity index (χ3v) is 3.00. The van der Waals surface area contributed by atoms with Crippen molar-refractivity contribution in [2.75, 3.05) is 5.73 Å². The molecule has 1 aliphatic heterocycles. The van der Waals surface area contributed by atoms with Gasteiger partial charge in [0, 0.05) is 6.20 Å². The molecule has 0 aliphatic carbocycles. The fourth-order valence-corrected chi connectivity index (χ4v) is 1.98. The molecule has 0 bridgehead atoms. The van der Waals surface area contributed by atoms with Crippen LogP contribution in [-0.4, -0.2) is 15.0 Å². The van der Waals surface area contributed by atoms with Crippen LogP contribution < -0.4 is 11.2 Å². The Morgan fingerprint density at radius 2 is 2.50 bits per heavy atom. The number of anilines is 1. The summed E-state index contributed by atoms with van der Waals surface area (Å²) in [6, 6.07) is 1.67. The standard InChI is InChI=1S/C8H11N5S/c1-2-6-12-13-8(14-6)7-10-4-3-5(9)11-7/h3-4,8,13H,2H2,1H3,(H2,9,10,11). The van der Waals surface area contributed by atoms with Crippen molar-refractivity contribution in [1.82, 2.24) is 15.4 Å². The molecular formula is C8H11N5S. The largest absolute Gasteiger partial charge is 0.384 e. The lowest BCUT2D eigenvalue weighted by Gasteiger charge is -2.06. The summed E-state index contributed by atoms with van der Waals surface area (Å²) in [5, 5.41) is 5.23. The van der Waals surface area contributed by atoms with Crippen LogP contribution in [0.2, 0.25) is 0 Å². The van der Waals surface area contributed by atoms with Crippen LogP contribution in [-0.2, 0) is 0 Å². The second-order valence-corrected chi connectivity index (χ2v) is 4.00. The Bertz CT molecular complexity index is 365. The fourth-order valence-electron chi connectivity index (χ4n) is 1.11. The lowest BCUT2D eigenvalue weighted by molar-refractivity contribution is 0.700. The maximum atomic E-state index is 5.57. The summed E-state index contributed by atoms with van der Waals surface area (Å²) in [4.78, 5) is 8.28. The average Bonchev–Trinajstić information content (AvgIpc) is 2.66. The molecule has 14 heavy (non-hydrogen) atoms. The van der Waals surface area contributed by atoms with Gasteiger partial charge in [-0.25, -0.2) is 9.97 Å². The second kappa shape index (κ2) is 3.83. The zero-order valence-electron chi connectivity index (χ0n) is 7.77. The number of hydrogen-bond donors (Lipinski definition) is 2. The third kappa shape index (κ3) is 1.79. The molecular weight excluding hydrogens is 198 g/mol. The highest BCUT2D eigenvalue weighted by Crippen LogP contribution is 2.30. The first-order valence-corrected chi connectivity index (χ1v) is 5.24. The molecule has 1 aromatic rings. The molecule has 2 heterocycles. The highest BCUT2D eigenvalue weighted by atomic mass is 32.2. The monoisotopic (exact) mass is 209 g/mol. The van der Waals surface area contributed by atoms with Crippen molar-refractivity contribution in [2.24, 2.45) is 5.10 Å². The summed E-state index contributed by atoms with van der Waals surface area (Å²) in [6.45, 7) is 2.07. The van der Waals surface area contributed by atoms with Crippen LogP contribution in [0, 0.1) is 0 Å². The van der Waals surface area contributed by atoms with E-state index >= 15 is 0 Å². The van der Waals surface area contributed by atoms with E-state index in [1.807, 2.05) is 0 Å². The van der Waals surface area contributed by atoms with Gasteiger partial charge in [-0.15, -0.1) is 0 Å². The lowest BCUT2D eigenvalue weighted by atomic mass is 10.5. The Morgan fingerprint density at radius 3 is 3.14 bits per heavy atom. The topological polar surface area (TPSA) is 76.2 Å². The smallest absolute Gasteiger partial charge is 0.165 e. The van der Waals surface area contributed by atoms with E-state index in [2.05, 4.69) is 27.4 Å². The van der Waals surface area contributed by atoms with Gasteiger partial charge in [0.25, 0.3) is 0 Å². The minimum Gasteiger partial charge on any atom is -0.384 e. The number of nitrogens with zero attached hydrogens (tertiary/aromatic N) is 3. The molecule has 74 valence electrons. The summed E-state index contributed by atoms with van der Waals surface area (Å²) in [5.74, 6) is 1.17. The van der Waals surface area contributed by atoms with E-state index in [0.29, 0.717) is 11.6 Å². The van der Waals surface area contributed by atoms with E-state index in [4.69, 9.17) is 5.73 Å². The van der Waals surface area contributed by atoms with Crippen LogP contribution in [0.15, 0.2) is 17.4 Å². The number of aromatic nitrogens is 2. The molecule has 0 spiro atoms. The van der Waals surface area contributed by atoms with Crippen molar-refractivity contribution in [3.05, 3.63) is 18.1 Å². The average molecular weight is 209 g/mol. The minimum absolute atomic E-state index is 0.00782. The molecule has 0 fully saturated rings. The molecule has 5 nitrogen and oxygen atoms in total. The number of hydrogen-bond acceptors (Lipinski definition) is 6. The van der Waals surface area contributed by atoms with Crippen molar-refractivity contribution < 1.29 is 0 Å². The predicted molar refractivity (Wildman–Crippen MR) is 57.6 cm³/mol.